The Labute approximate surface area is 124 Å². The topological polar surface area (TPSA) is 21.3 Å². The van der Waals surface area contributed by atoms with Crippen molar-refractivity contribution in [3.05, 3.63) is 46.0 Å². The molecule has 0 saturated heterocycles. The SMILES string of the molecule is COc1cc(Cl)cc(C)c1NC1C=C(Cl)C=CC1C. The molecule has 0 radical (unpaired) electrons. The molecule has 0 aromatic heterocycles. The first kappa shape index (κ1) is 14.3. The maximum atomic E-state index is 6.06. The summed E-state index contributed by atoms with van der Waals surface area (Å²) in [6.07, 6.45) is 6.04. The van der Waals surface area contributed by atoms with E-state index in [1.165, 1.54) is 0 Å². The standard InChI is InChI=1S/C15H17Cl2NO/c1-9-4-5-11(16)7-13(9)18-15-10(2)6-12(17)8-14(15)19-3/h4-9,13,18H,1-3H3. The molecule has 2 unspecified atom stereocenters. The fourth-order valence-corrected chi connectivity index (χ4v) is 2.61. The first-order chi connectivity index (χ1) is 9.01. The van der Waals surface area contributed by atoms with E-state index in [1.54, 1.807) is 7.11 Å². The number of benzene rings is 1. The number of hydrogen-bond donors (Lipinski definition) is 1. The molecule has 0 spiro atoms. The van der Waals surface area contributed by atoms with E-state index in [-0.39, 0.29) is 6.04 Å². The second kappa shape index (κ2) is 5.89. The molecule has 2 rings (SSSR count). The maximum Gasteiger partial charge on any atom is 0.143 e. The van der Waals surface area contributed by atoms with Crippen LogP contribution in [0.15, 0.2) is 35.4 Å². The van der Waals surface area contributed by atoms with Gasteiger partial charge in [-0.1, -0.05) is 36.2 Å². The van der Waals surface area contributed by atoms with Crippen molar-refractivity contribution in [1.82, 2.24) is 0 Å². The molecule has 2 atom stereocenters. The van der Waals surface area contributed by atoms with Crippen molar-refractivity contribution < 1.29 is 4.74 Å². The molecule has 1 aromatic carbocycles. The molecule has 1 aliphatic rings. The Kier molecular flexibility index (Phi) is 4.43. The molecule has 2 nitrogen and oxygen atoms in total. The van der Waals surface area contributed by atoms with Crippen LogP contribution in [0.1, 0.15) is 12.5 Å². The Balaban J connectivity index is 2.31. The number of allylic oxidation sites excluding steroid dienone is 2. The Morgan fingerprint density at radius 1 is 1.26 bits per heavy atom. The summed E-state index contributed by atoms with van der Waals surface area (Å²) in [5.41, 5.74) is 2.01. The summed E-state index contributed by atoms with van der Waals surface area (Å²) in [6, 6.07) is 3.87. The number of ether oxygens (including phenoxy) is 1. The van der Waals surface area contributed by atoms with Gasteiger partial charge in [0.1, 0.15) is 5.75 Å². The van der Waals surface area contributed by atoms with Crippen molar-refractivity contribution in [2.24, 2.45) is 5.92 Å². The smallest absolute Gasteiger partial charge is 0.143 e. The van der Waals surface area contributed by atoms with E-state index in [0.29, 0.717) is 10.9 Å². The maximum absolute atomic E-state index is 6.06. The molecule has 1 aliphatic carbocycles. The van der Waals surface area contributed by atoms with Crippen LogP contribution in [0.2, 0.25) is 5.02 Å². The molecule has 102 valence electrons. The number of rotatable bonds is 3. The third kappa shape index (κ3) is 3.26. The van der Waals surface area contributed by atoms with E-state index < -0.39 is 0 Å². The summed E-state index contributed by atoms with van der Waals surface area (Å²) in [7, 11) is 1.64. The van der Waals surface area contributed by atoms with E-state index in [9.17, 15) is 0 Å². The van der Waals surface area contributed by atoms with Crippen molar-refractivity contribution in [3.8, 4) is 5.75 Å². The number of methoxy groups -OCH3 is 1. The minimum absolute atomic E-state index is 0.145. The summed E-state index contributed by atoms with van der Waals surface area (Å²) in [5.74, 6) is 1.11. The summed E-state index contributed by atoms with van der Waals surface area (Å²) < 4.78 is 5.39. The van der Waals surface area contributed by atoms with Crippen LogP contribution in [-0.2, 0) is 0 Å². The van der Waals surface area contributed by atoms with Gasteiger partial charge >= 0.3 is 0 Å². The third-order valence-electron chi connectivity index (χ3n) is 3.26. The van der Waals surface area contributed by atoms with Crippen LogP contribution in [0.4, 0.5) is 5.69 Å². The normalized spacial score (nSPS) is 22.1. The zero-order chi connectivity index (χ0) is 14.0. The number of hydrogen-bond acceptors (Lipinski definition) is 2. The van der Waals surface area contributed by atoms with E-state index in [4.69, 9.17) is 27.9 Å². The highest BCUT2D eigenvalue weighted by Gasteiger charge is 2.19. The molecule has 0 aliphatic heterocycles. The van der Waals surface area contributed by atoms with Gasteiger partial charge in [0.15, 0.2) is 0 Å². The lowest BCUT2D eigenvalue weighted by atomic mass is 9.96. The first-order valence-electron chi connectivity index (χ1n) is 6.17. The van der Waals surface area contributed by atoms with E-state index in [0.717, 1.165) is 22.0 Å². The largest absolute Gasteiger partial charge is 0.495 e. The van der Waals surface area contributed by atoms with Gasteiger partial charge in [0, 0.05) is 16.1 Å². The van der Waals surface area contributed by atoms with Gasteiger partial charge in [-0.25, -0.2) is 0 Å². The Morgan fingerprint density at radius 2 is 2.00 bits per heavy atom. The second-order valence-corrected chi connectivity index (χ2v) is 5.61. The van der Waals surface area contributed by atoms with Crippen LogP contribution in [0, 0.1) is 12.8 Å². The fraction of sp³-hybridized carbons (Fsp3) is 0.333. The van der Waals surface area contributed by atoms with Crippen molar-refractivity contribution in [3.63, 3.8) is 0 Å². The average Bonchev–Trinajstić information content (AvgIpc) is 2.36. The second-order valence-electron chi connectivity index (χ2n) is 4.74. The summed E-state index contributed by atoms with van der Waals surface area (Å²) in [5, 5.41) is 4.90. The molecule has 1 aromatic rings. The Bertz CT molecular complexity index is 537. The predicted molar refractivity (Wildman–Crippen MR) is 82.4 cm³/mol. The summed E-state index contributed by atoms with van der Waals surface area (Å²) in [6.45, 7) is 4.15. The molecular formula is C15H17Cl2NO. The lowest BCUT2D eigenvalue weighted by Gasteiger charge is -2.26. The molecule has 0 heterocycles. The van der Waals surface area contributed by atoms with Gasteiger partial charge in [0.2, 0.25) is 0 Å². The van der Waals surface area contributed by atoms with Crippen LogP contribution < -0.4 is 10.1 Å². The molecule has 1 N–H and O–H groups in total. The lowest BCUT2D eigenvalue weighted by Crippen LogP contribution is -2.26. The molecule has 19 heavy (non-hydrogen) atoms. The van der Waals surface area contributed by atoms with Crippen LogP contribution >= 0.6 is 23.2 Å². The molecule has 0 bridgehead atoms. The lowest BCUT2D eigenvalue weighted by molar-refractivity contribution is 0.415. The number of aryl methyl sites for hydroxylation is 1. The van der Waals surface area contributed by atoms with Crippen molar-refractivity contribution in [2.45, 2.75) is 19.9 Å². The summed E-state index contributed by atoms with van der Waals surface area (Å²) >= 11 is 12.1. The number of halogens is 2. The zero-order valence-electron chi connectivity index (χ0n) is 11.2. The van der Waals surface area contributed by atoms with Gasteiger partial charge < -0.3 is 10.1 Å². The van der Waals surface area contributed by atoms with Gasteiger partial charge in [-0.05, 0) is 36.6 Å². The van der Waals surface area contributed by atoms with E-state index in [1.807, 2.05) is 31.2 Å². The summed E-state index contributed by atoms with van der Waals surface area (Å²) in [4.78, 5) is 0. The average molecular weight is 298 g/mol. The molecule has 0 amide bonds. The Morgan fingerprint density at radius 3 is 2.68 bits per heavy atom. The van der Waals surface area contributed by atoms with Crippen LogP contribution in [-0.4, -0.2) is 13.2 Å². The van der Waals surface area contributed by atoms with Gasteiger partial charge in [0.05, 0.1) is 18.8 Å². The molecule has 0 fully saturated rings. The minimum Gasteiger partial charge on any atom is -0.495 e. The highest BCUT2D eigenvalue weighted by molar-refractivity contribution is 6.31. The molecular weight excluding hydrogens is 281 g/mol. The van der Waals surface area contributed by atoms with Crippen molar-refractivity contribution in [2.75, 3.05) is 12.4 Å². The van der Waals surface area contributed by atoms with Gasteiger partial charge in [-0.3, -0.25) is 0 Å². The highest BCUT2D eigenvalue weighted by Crippen LogP contribution is 2.34. The first-order valence-corrected chi connectivity index (χ1v) is 6.93. The van der Waals surface area contributed by atoms with Crippen LogP contribution in [0.25, 0.3) is 0 Å². The molecule has 4 heteroatoms. The predicted octanol–water partition coefficient (Wildman–Crippen LogP) is 4.77. The van der Waals surface area contributed by atoms with Gasteiger partial charge in [0.25, 0.3) is 0 Å². The number of anilines is 1. The molecule has 0 saturated carbocycles. The Hall–Kier alpha value is -1.12. The fourth-order valence-electron chi connectivity index (χ4n) is 2.14. The quantitative estimate of drug-likeness (QED) is 0.868. The minimum atomic E-state index is 0.145. The van der Waals surface area contributed by atoms with E-state index in [2.05, 4.69) is 18.3 Å². The van der Waals surface area contributed by atoms with Crippen molar-refractivity contribution in [1.29, 1.82) is 0 Å². The monoisotopic (exact) mass is 297 g/mol. The highest BCUT2D eigenvalue weighted by atomic mass is 35.5. The van der Waals surface area contributed by atoms with Gasteiger partial charge in [-0.2, -0.15) is 0 Å². The van der Waals surface area contributed by atoms with Gasteiger partial charge in [-0.15, -0.1) is 0 Å². The van der Waals surface area contributed by atoms with E-state index >= 15 is 0 Å². The number of nitrogens with one attached hydrogen (secondary N) is 1. The van der Waals surface area contributed by atoms with Crippen LogP contribution in [0.3, 0.4) is 0 Å². The van der Waals surface area contributed by atoms with Crippen molar-refractivity contribution >= 4 is 28.9 Å². The third-order valence-corrected chi connectivity index (χ3v) is 3.73. The van der Waals surface area contributed by atoms with Crippen LogP contribution in [0.5, 0.6) is 5.75 Å². The zero-order valence-corrected chi connectivity index (χ0v) is 12.7.